The molecule has 1 aromatic rings. The molecule has 201 valence electrons. The Morgan fingerprint density at radius 2 is 1.64 bits per heavy atom. The van der Waals surface area contributed by atoms with E-state index in [1.807, 2.05) is 65.0 Å². The molecule has 1 rings (SSSR count). The van der Waals surface area contributed by atoms with Gasteiger partial charge in [-0.3, -0.25) is 9.59 Å². The third-order valence-corrected chi connectivity index (χ3v) is 5.40. The molecular formula is C27H42N3O6. The number of carboxylic acid groups (broad SMARTS) is 1. The van der Waals surface area contributed by atoms with Gasteiger partial charge in [0.1, 0.15) is 18.1 Å². The van der Waals surface area contributed by atoms with E-state index in [2.05, 4.69) is 10.3 Å². The molecule has 3 atom stereocenters. The molecule has 0 bridgehead atoms. The Labute approximate surface area is 215 Å². The summed E-state index contributed by atoms with van der Waals surface area (Å²) in [7, 11) is 1.48. The maximum absolute atomic E-state index is 13.1. The Bertz CT molecular complexity index is 835. The van der Waals surface area contributed by atoms with Crippen molar-refractivity contribution in [1.29, 1.82) is 0 Å². The van der Waals surface area contributed by atoms with E-state index in [9.17, 15) is 29.4 Å². The summed E-state index contributed by atoms with van der Waals surface area (Å²) in [6.45, 7) is 9.66. The Hall–Kier alpha value is -3.03. The van der Waals surface area contributed by atoms with Crippen LogP contribution in [-0.2, 0) is 30.7 Å². The minimum Gasteiger partial charge on any atom is -0.480 e. The summed E-state index contributed by atoms with van der Waals surface area (Å²) in [5.41, 5.74) is 0.820. The Morgan fingerprint density at radius 3 is 2.06 bits per heavy atom. The fourth-order valence-electron chi connectivity index (χ4n) is 3.47. The van der Waals surface area contributed by atoms with Gasteiger partial charge < -0.3 is 15.3 Å². The molecule has 0 aliphatic carbocycles. The van der Waals surface area contributed by atoms with E-state index in [-0.39, 0.29) is 31.3 Å². The summed E-state index contributed by atoms with van der Waals surface area (Å²) in [6, 6.07) is 6.18. The van der Waals surface area contributed by atoms with E-state index in [4.69, 9.17) is 0 Å². The number of hydrogen-bond acceptors (Lipinski definition) is 5. The molecule has 0 aliphatic heterocycles. The minimum atomic E-state index is -1.12. The van der Waals surface area contributed by atoms with Crippen LogP contribution in [0.2, 0.25) is 0 Å². The normalized spacial score (nSPS) is 13.0. The summed E-state index contributed by atoms with van der Waals surface area (Å²) >= 11 is 0. The first-order chi connectivity index (χ1) is 17.0. The quantitative estimate of drug-likeness (QED) is 0.294. The molecule has 2 N–H and O–H groups in total. The Kier molecular flexibility index (Phi) is 16.7. The number of unbranched alkanes of at least 4 members (excludes halogenated alkanes) is 1. The van der Waals surface area contributed by atoms with E-state index >= 15 is 0 Å². The van der Waals surface area contributed by atoms with Crippen molar-refractivity contribution in [1.82, 2.24) is 10.2 Å². The van der Waals surface area contributed by atoms with Gasteiger partial charge in [0.25, 0.3) is 0 Å². The van der Waals surface area contributed by atoms with Gasteiger partial charge in [-0.25, -0.2) is 14.7 Å². The number of carbonyl (C=O) groups is 3. The number of aliphatic imine (C=N–C) groups is 1. The van der Waals surface area contributed by atoms with Crippen molar-refractivity contribution < 1.29 is 29.4 Å². The Balaban J connectivity index is 0.00000222. The summed E-state index contributed by atoms with van der Waals surface area (Å²) in [6.07, 6.45) is 4.13. The maximum atomic E-state index is 13.1. The predicted octanol–water partition coefficient (Wildman–Crippen LogP) is 3.64. The van der Waals surface area contributed by atoms with Crippen LogP contribution in [0.5, 0.6) is 0 Å². The fraction of sp³-hybridized carbons (Fsp3) is 0.630. The van der Waals surface area contributed by atoms with Crippen molar-refractivity contribution in [3.63, 3.8) is 0 Å². The summed E-state index contributed by atoms with van der Waals surface area (Å²) in [5, 5.41) is 21.6. The first-order valence-corrected chi connectivity index (χ1v) is 12.5. The van der Waals surface area contributed by atoms with E-state index in [0.29, 0.717) is 6.42 Å². The van der Waals surface area contributed by atoms with Crippen LogP contribution in [0.4, 0.5) is 0 Å². The number of benzene rings is 1. The van der Waals surface area contributed by atoms with Crippen LogP contribution < -0.4 is 5.32 Å². The fourth-order valence-corrected chi connectivity index (χ4v) is 3.47. The molecule has 0 spiro atoms. The van der Waals surface area contributed by atoms with Gasteiger partial charge in [0.15, 0.2) is 0 Å². The largest absolute Gasteiger partial charge is 0.480 e. The van der Waals surface area contributed by atoms with E-state index in [1.165, 1.54) is 18.0 Å². The van der Waals surface area contributed by atoms with Crippen LogP contribution in [-0.4, -0.2) is 65.7 Å². The van der Waals surface area contributed by atoms with Gasteiger partial charge in [-0.05, 0) is 36.7 Å². The first-order valence-electron chi connectivity index (χ1n) is 12.5. The molecule has 36 heavy (non-hydrogen) atoms. The molecular weight excluding hydrogens is 462 g/mol. The molecule has 0 saturated heterocycles. The molecule has 1 aromatic carbocycles. The first kappa shape index (κ1) is 33.0. The second kappa shape index (κ2) is 18.3. The van der Waals surface area contributed by atoms with Crippen molar-refractivity contribution in [2.75, 3.05) is 13.7 Å². The summed E-state index contributed by atoms with van der Waals surface area (Å²) in [4.78, 5) is 53.5. The lowest BCUT2D eigenvalue weighted by molar-refractivity contribution is -0.145. The number of amides is 2. The van der Waals surface area contributed by atoms with Gasteiger partial charge >= 0.3 is 5.97 Å². The molecule has 0 saturated carbocycles. The molecule has 3 unspecified atom stereocenters. The zero-order chi connectivity index (χ0) is 27.7. The van der Waals surface area contributed by atoms with Gasteiger partial charge in [0.05, 0.1) is 6.61 Å². The van der Waals surface area contributed by atoms with Crippen LogP contribution in [0, 0.1) is 11.8 Å². The highest BCUT2D eigenvalue weighted by Crippen LogP contribution is 2.16. The van der Waals surface area contributed by atoms with Crippen molar-refractivity contribution in [3.05, 3.63) is 35.9 Å². The average Bonchev–Trinajstić information content (AvgIpc) is 2.82. The van der Waals surface area contributed by atoms with E-state index in [1.54, 1.807) is 0 Å². The van der Waals surface area contributed by atoms with Gasteiger partial charge in [0.2, 0.25) is 17.9 Å². The molecule has 0 aliphatic rings. The second-order valence-corrected chi connectivity index (χ2v) is 9.61. The van der Waals surface area contributed by atoms with Gasteiger partial charge in [-0.2, -0.15) is 4.99 Å². The number of nitrogens with one attached hydrogen (secondary N) is 1. The van der Waals surface area contributed by atoms with Crippen LogP contribution in [0.15, 0.2) is 35.3 Å². The maximum Gasteiger partial charge on any atom is 0.326 e. The molecule has 2 amide bonds. The lowest BCUT2D eigenvalue weighted by Gasteiger charge is -2.31. The van der Waals surface area contributed by atoms with Gasteiger partial charge in [0, 0.05) is 13.5 Å². The third-order valence-electron chi connectivity index (χ3n) is 5.40. The molecule has 0 heterocycles. The van der Waals surface area contributed by atoms with Gasteiger partial charge in [-0.1, -0.05) is 71.4 Å². The van der Waals surface area contributed by atoms with Crippen LogP contribution >= 0.6 is 0 Å². The molecule has 0 aromatic heterocycles. The van der Waals surface area contributed by atoms with Crippen molar-refractivity contribution >= 4 is 23.9 Å². The third kappa shape index (κ3) is 13.2. The summed E-state index contributed by atoms with van der Waals surface area (Å²) < 4.78 is 0. The van der Waals surface area contributed by atoms with Crippen LogP contribution in [0.3, 0.4) is 0 Å². The molecule has 1 radical (unpaired) electrons. The van der Waals surface area contributed by atoms with Crippen molar-refractivity contribution in [2.24, 2.45) is 16.8 Å². The highest BCUT2D eigenvalue weighted by molar-refractivity contribution is 5.92. The zero-order valence-corrected chi connectivity index (χ0v) is 22.4. The number of carbonyl (C=O) groups excluding carboxylic acids is 3. The van der Waals surface area contributed by atoms with Crippen LogP contribution in [0.1, 0.15) is 65.9 Å². The lowest BCUT2D eigenvalue weighted by Crippen LogP contribution is -2.54. The number of carboxylic acids is 1. The Morgan fingerprint density at radius 1 is 1.06 bits per heavy atom. The number of isocyanates is 1. The van der Waals surface area contributed by atoms with E-state index in [0.717, 1.165) is 18.4 Å². The molecule has 9 heteroatoms. The predicted molar refractivity (Wildman–Crippen MR) is 138 cm³/mol. The standard InChI is InChI=1S/C23H33N3O5.C4H9O/c1-15(2)11-19(23(30)31)25-21(28)20(12-16(3)4)26(5)22(29)18(24-14-27)13-17-9-7-6-8-10-17;1-2-3-4-5/h6-10,15-16,18-20H,11-13H2,1-5H3,(H,25,28)(H,30,31);2-4H2,1H3. The topological polar surface area (TPSA) is 136 Å². The highest BCUT2D eigenvalue weighted by Gasteiger charge is 2.34. The van der Waals surface area contributed by atoms with Crippen molar-refractivity contribution in [2.45, 2.75) is 84.8 Å². The lowest BCUT2D eigenvalue weighted by atomic mass is 9.98. The minimum absolute atomic E-state index is 0.0708. The average molecular weight is 505 g/mol. The van der Waals surface area contributed by atoms with E-state index < -0.39 is 35.9 Å². The second-order valence-electron chi connectivity index (χ2n) is 9.61. The monoisotopic (exact) mass is 504 g/mol. The number of aliphatic carboxylic acids is 1. The smallest absolute Gasteiger partial charge is 0.326 e. The highest BCUT2D eigenvalue weighted by atomic mass is 16.4. The zero-order valence-electron chi connectivity index (χ0n) is 22.4. The number of likely N-dealkylation sites (N-methyl/N-ethyl adjacent to an activating group) is 1. The SMILES string of the molecule is CC(C)CC(NC(=O)C(CC(C)C)N(C)C(=O)C(Cc1ccccc1)N=C=O)C(=O)O.CCCC[O]. The number of rotatable bonds is 14. The molecule has 0 fully saturated rings. The van der Waals surface area contributed by atoms with Gasteiger partial charge in [-0.15, -0.1) is 0 Å². The molecule has 9 nitrogen and oxygen atoms in total. The number of nitrogens with zero attached hydrogens (tertiary/aromatic N) is 2. The summed E-state index contributed by atoms with van der Waals surface area (Å²) in [5.74, 6) is -2.01. The van der Waals surface area contributed by atoms with Crippen LogP contribution in [0.25, 0.3) is 0 Å². The number of hydrogen-bond donors (Lipinski definition) is 2. The van der Waals surface area contributed by atoms with Crippen molar-refractivity contribution in [3.8, 4) is 0 Å².